The zero-order valence-electron chi connectivity index (χ0n) is 60.9. The lowest BCUT2D eigenvalue weighted by Gasteiger charge is -2.45. The van der Waals surface area contributed by atoms with Crippen LogP contribution < -0.4 is 16.0 Å². The highest BCUT2D eigenvalue weighted by atomic mass is 35.5. The molecule has 560 valence electrons. The largest absolute Gasteiger partial charge is 0.393 e. The molecule has 4 saturated heterocycles. The molecule has 4 heterocycles. The number of nitrogens with one attached hydrogen (secondary N) is 3. The number of piperidine rings is 1. The van der Waals surface area contributed by atoms with E-state index in [-0.39, 0.29) is 108 Å². The molecule has 0 aromatic carbocycles. The minimum absolute atomic E-state index is 0.00835. The number of likely N-dealkylation sites (tertiary alicyclic amines) is 1. The number of carbonyl (C=O) groups is 12. The van der Waals surface area contributed by atoms with Gasteiger partial charge in [0.1, 0.15) is 59.9 Å². The van der Waals surface area contributed by atoms with Gasteiger partial charge in [0.15, 0.2) is 0 Å². The van der Waals surface area contributed by atoms with Crippen LogP contribution in [0, 0.1) is 41.9 Å². The van der Waals surface area contributed by atoms with Gasteiger partial charge in [-0.2, -0.15) is 13.2 Å². The Morgan fingerprint density at radius 3 is 1.86 bits per heavy atom. The third-order valence-electron chi connectivity index (χ3n) is 23.0. The van der Waals surface area contributed by atoms with Crippen LogP contribution in [0.4, 0.5) is 13.2 Å². The lowest BCUT2D eigenvalue weighted by atomic mass is 9.78. The number of hydrogen-bond donors (Lipinski definition) is 3. The molecule has 3 unspecified atom stereocenters. The van der Waals surface area contributed by atoms with Crippen LogP contribution >= 0.6 is 11.6 Å². The van der Waals surface area contributed by atoms with Gasteiger partial charge in [0, 0.05) is 80.3 Å². The van der Waals surface area contributed by atoms with Gasteiger partial charge in [-0.1, -0.05) is 79.1 Å². The Bertz CT molecular complexity index is 3010. The number of hydrogen-bond acceptors (Lipinski definition) is 12. The maximum absolute atomic E-state index is 15.4. The van der Waals surface area contributed by atoms with E-state index >= 15 is 19.2 Å². The fraction of sp³-hybridized carbons (Fsp3) is 0.806. The van der Waals surface area contributed by atoms with Crippen LogP contribution in [0.1, 0.15) is 195 Å². The van der Waals surface area contributed by atoms with Gasteiger partial charge in [0.25, 0.3) is 0 Å². The molecule has 1 spiro atoms. The second-order valence-electron chi connectivity index (χ2n) is 30.3. The average Bonchev–Trinajstić information content (AvgIpc) is 1.75. The van der Waals surface area contributed by atoms with Gasteiger partial charge in [-0.15, -0.1) is 23.9 Å². The summed E-state index contributed by atoms with van der Waals surface area (Å²) >= 11 is 6.40. The molecule has 24 nitrogen and oxygen atoms in total. The Morgan fingerprint density at radius 1 is 0.630 bits per heavy atom. The highest BCUT2D eigenvalue weighted by molar-refractivity contribution is 6.21. The first-order valence-electron chi connectivity index (χ1n) is 36.7. The van der Waals surface area contributed by atoms with E-state index < -0.39 is 167 Å². The fourth-order valence-electron chi connectivity index (χ4n) is 16.1. The van der Waals surface area contributed by atoms with Gasteiger partial charge in [0.2, 0.25) is 70.9 Å². The monoisotopic (exact) mass is 1430 g/mol. The summed E-state index contributed by atoms with van der Waals surface area (Å²) in [6.07, 6.45) is 9.78. The Kier molecular flexibility index (Phi) is 28.6. The number of amides is 12. The highest BCUT2D eigenvalue weighted by Crippen LogP contribution is 2.44. The molecule has 4 aliphatic heterocycles. The molecular weight excluding hydrogens is 1320 g/mol. The predicted octanol–water partition coefficient (Wildman–Crippen LogP) is 5.46. The number of nitrogens with zero attached hydrogens (tertiary/aromatic N) is 9. The standard InChI is InChI=1S/C72H112ClF3N12O12/c1-13-24-53-66(96)84(11)57(68(98)86-35-21-16-22-36-86)42-59(90)82(9)55(39-44(3)4)61(91)78-60(45(5)14-2)69(99)81(8)46(6)63(93)88-38-32-54(88)67(97)83(10)56(41-47-25-17-15-18-26-47)65(95)80(7)43-58(89)77-51(31-29-48-28-30-49(50(73)40-48)72(74,75)76)64(94)87-37-23-27-52(87)62(92)79-71(33-19-20-34-71)70(100)85(53)12/h1,44-57,60H,14-43H2,2-12H3,(H,77,89)(H,78,91)(H,79,92)/t45-,46-,48?,49?,50?,51-,52-,53-,54-,55-,56-,57-,60-/m0/s1. The van der Waals surface area contributed by atoms with Crippen molar-refractivity contribution >= 4 is 82.5 Å². The van der Waals surface area contributed by atoms with E-state index in [0.29, 0.717) is 51.6 Å². The van der Waals surface area contributed by atoms with E-state index in [2.05, 4.69) is 21.9 Å². The van der Waals surface area contributed by atoms with Crippen LogP contribution in [0.3, 0.4) is 0 Å². The van der Waals surface area contributed by atoms with E-state index in [1.165, 1.54) is 78.6 Å². The molecule has 3 aliphatic carbocycles. The molecule has 7 fully saturated rings. The van der Waals surface area contributed by atoms with E-state index in [0.717, 1.165) is 48.3 Å². The van der Waals surface area contributed by atoms with Crippen LogP contribution in [0.2, 0.25) is 0 Å². The summed E-state index contributed by atoms with van der Waals surface area (Å²) < 4.78 is 42.0. The normalized spacial score (nSPS) is 30.8. The van der Waals surface area contributed by atoms with Crippen molar-refractivity contribution in [2.75, 3.05) is 75.0 Å². The summed E-state index contributed by atoms with van der Waals surface area (Å²) in [5, 5.41) is 7.53. The lowest BCUT2D eigenvalue weighted by molar-refractivity contribution is -0.182. The van der Waals surface area contributed by atoms with Crippen molar-refractivity contribution in [3.63, 3.8) is 0 Å². The molecular formula is C72H112ClF3N12O12. The summed E-state index contributed by atoms with van der Waals surface area (Å²) in [4.78, 5) is 191. The predicted molar refractivity (Wildman–Crippen MR) is 369 cm³/mol. The number of carbonyl (C=O) groups excluding carboxylic acids is 12. The number of halogens is 4. The molecule has 0 aromatic rings. The average molecular weight is 1430 g/mol. The summed E-state index contributed by atoms with van der Waals surface area (Å²) in [7, 11) is 8.48. The van der Waals surface area contributed by atoms with Crippen molar-refractivity contribution in [3.8, 4) is 12.3 Å². The van der Waals surface area contributed by atoms with E-state index in [1.54, 1.807) is 11.8 Å². The van der Waals surface area contributed by atoms with Gasteiger partial charge in [-0.05, 0) is 127 Å². The summed E-state index contributed by atoms with van der Waals surface area (Å²) in [5.74, 6) is -8.04. The van der Waals surface area contributed by atoms with Crippen molar-refractivity contribution in [1.82, 2.24) is 60.0 Å². The molecule has 3 saturated carbocycles. The number of likely N-dealkylation sites (N-methyl/N-ethyl adjacent to an activating group) is 6. The van der Waals surface area contributed by atoms with Crippen LogP contribution in [0.25, 0.3) is 0 Å². The zero-order valence-corrected chi connectivity index (χ0v) is 61.6. The third-order valence-corrected chi connectivity index (χ3v) is 23.5. The Morgan fingerprint density at radius 2 is 1.27 bits per heavy atom. The maximum atomic E-state index is 15.4. The Labute approximate surface area is 594 Å². The van der Waals surface area contributed by atoms with Gasteiger partial charge in [-0.25, -0.2) is 0 Å². The molecule has 28 heteroatoms. The van der Waals surface area contributed by atoms with Gasteiger partial charge in [-0.3, -0.25) is 57.5 Å². The molecule has 0 bridgehead atoms. The molecule has 0 radical (unpaired) electrons. The number of fused-ring (bicyclic) bond motifs is 2. The van der Waals surface area contributed by atoms with Crippen LogP contribution in [0.15, 0.2) is 0 Å². The fourth-order valence-corrected chi connectivity index (χ4v) is 16.7. The van der Waals surface area contributed by atoms with Crippen molar-refractivity contribution in [2.24, 2.45) is 29.6 Å². The first kappa shape index (κ1) is 80.6. The summed E-state index contributed by atoms with van der Waals surface area (Å²) in [6, 6.07) is -11.2. The molecule has 13 atom stereocenters. The maximum Gasteiger partial charge on any atom is 0.393 e. The van der Waals surface area contributed by atoms with E-state index in [9.17, 15) is 51.5 Å². The van der Waals surface area contributed by atoms with Crippen LogP contribution in [-0.4, -0.2) is 261 Å². The van der Waals surface area contributed by atoms with Crippen molar-refractivity contribution in [1.29, 1.82) is 0 Å². The zero-order chi connectivity index (χ0) is 73.8. The van der Waals surface area contributed by atoms with E-state index in [1.807, 2.05) is 20.8 Å². The molecule has 0 aromatic heterocycles. The minimum atomic E-state index is -4.51. The minimum Gasteiger partial charge on any atom is -0.343 e. The molecule has 7 aliphatic rings. The smallest absolute Gasteiger partial charge is 0.343 e. The summed E-state index contributed by atoms with van der Waals surface area (Å²) in [6.45, 7) is 9.14. The topological polar surface area (TPSA) is 270 Å². The number of terminal acetylenes is 1. The van der Waals surface area contributed by atoms with Gasteiger partial charge in [0.05, 0.1) is 18.9 Å². The quantitative estimate of drug-likeness (QED) is 0.172. The van der Waals surface area contributed by atoms with E-state index in [4.69, 9.17) is 18.0 Å². The van der Waals surface area contributed by atoms with Crippen molar-refractivity contribution in [2.45, 2.75) is 267 Å². The molecule has 7 rings (SSSR count). The van der Waals surface area contributed by atoms with Crippen molar-refractivity contribution in [3.05, 3.63) is 0 Å². The van der Waals surface area contributed by atoms with Crippen molar-refractivity contribution < 1.29 is 70.7 Å². The first-order chi connectivity index (χ1) is 47.2. The third kappa shape index (κ3) is 19.1. The lowest BCUT2D eigenvalue weighted by Crippen LogP contribution is -2.65. The second-order valence-corrected chi connectivity index (χ2v) is 30.8. The van der Waals surface area contributed by atoms with Gasteiger partial charge >= 0.3 is 6.18 Å². The summed E-state index contributed by atoms with van der Waals surface area (Å²) in [5.41, 5.74) is -1.62. The highest BCUT2D eigenvalue weighted by Gasteiger charge is 2.52. The second kappa shape index (κ2) is 35.4. The number of rotatable bonds is 11. The SMILES string of the molecule is C#CC[C@H]1C(=O)N(C)[C@H](C(=O)N2CCCCC2)CC(=O)N(C)[C@@H](CC(C)C)C(=O)N[C@@H]([C@@H](C)CC)C(=O)N(C)[C@@H](C)C(=O)N2CC[C@H]2C(=O)N(C)[C@@H](CC2CCCCC2)C(=O)N(C)CC(=O)N[C@@H](CCC2CCC(C(F)(F)F)C(Cl)C2)C(=O)N2CCC[C@H]2C(=O)NC2(CCCC2)C(=O)N1C. The van der Waals surface area contributed by atoms with Crippen LogP contribution in [-0.2, 0) is 57.5 Å². The molecule has 12 amide bonds. The first-order valence-corrected chi connectivity index (χ1v) is 37.1. The molecule has 100 heavy (non-hydrogen) atoms. The Hall–Kier alpha value is -6.72. The van der Waals surface area contributed by atoms with Crippen LogP contribution in [0.5, 0.6) is 0 Å². The van der Waals surface area contributed by atoms with Gasteiger partial charge < -0.3 is 60.0 Å². The molecule has 3 N–H and O–H groups in total. The number of alkyl halides is 4. The Balaban J connectivity index is 1.27.